The van der Waals surface area contributed by atoms with E-state index < -0.39 is 0 Å². The molecule has 1 amide bonds. The summed E-state index contributed by atoms with van der Waals surface area (Å²) in [5.41, 5.74) is 0. The molecule has 0 N–H and O–H groups in total. The van der Waals surface area contributed by atoms with Crippen molar-refractivity contribution in [1.29, 1.82) is 0 Å². The molecule has 0 radical (unpaired) electrons. The average Bonchev–Trinajstić information content (AvgIpc) is 2.49. The number of hydrogen-bond acceptors (Lipinski definition) is 3. The lowest BCUT2D eigenvalue weighted by atomic mass is 9.94. The molecule has 0 bridgehead atoms. The highest BCUT2D eigenvalue weighted by atomic mass is 16.5. The molecule has 1 aliphatic heterocycles. The Bertz CT molecular complexity index is 316. The quantitative estimate of drug-likeness (QED) is 0.783. The summed E-state index contributed by atoms with van der Waals surface area (Å²) in [5.74, 6) is 0.391. The van der Waals surface area contributed by atoms with E-state index in [2.05, 4.69) is 6.92 Å². The zero-order valence-corrected chi connectivity index (χ0v) is 13.8. The Morgan fingerprint density at radius 3 is 2.05 bits per heavy atom. The van der Waals surface area contributed by atoms with E-state index in [1.165, 1.54) is 0 Å². The van der Waals surface area contributed by atoms with Crippen LogP contribution in [0.2, 0.25) is 0 Å². The predicted octanol–water partition coefficient (Wildman–Crippen LogP) is 3.00. The van der Waals surface area contributed by atoms with Crippen molar-refractivity contribution < 1.29 is 14.3 Å². The van der Waals surface area contributed by atoms with Crippen molar-refractivity contribution in [3.8, 4) is 0 Å². The highest BCUT2D eigenvalue weighted by Gasteiger charge is 2.28. The Kier molecular flexibility index (Phi) is 6.49. The number of amides is 1. The summed E-state index contributed by atoms with van der Waals surface area (Å²) in [6, 6.07) is 0. The largest absolute Gasteiger partial charge is 0.379 e. The molecule has 2 rings (SSSR count). The van der Waals surface area contributed by atoms with Crippen LogP contribution in [0.25, 0.3) is 0 Å². The third-order valence-corrected chi connectivity index (χ3v) is 4.66. The van der Waals surface area contributed by atoms with Gasteiger partial charge in [0.05, 0.1) is 18.3 Å². The van der Waals surface area contributed by atoms with Crippen molar-refractivity contribution in [2.75, 3.05) is 19.7 Å². The Balaban J connectivity index is 1.66. The average molecular weight is 297 g/mol. The summed E-state index contributed by atoms with van der Waals surface area (Å²) in [6.07, 6.45) is 7.67. The minimum Gasteiger partial charge on any atom is -0.379 e. The van der Waals surface area contributed by atoms with Gasteiger partial charge in [0.2, 0.25) is 5.91 Å². The van der Waals surface area contributed by atoms with Gasteiger partial charge in [-0.3, -0.25) is 4.79 Å². The summed E-state index contributed by atoms with van der Waals surface area (Å²) < 4.78 is 11.9. The first-order valence-corrected chi connectivity index (χ1v) is 8.66. The Morgan fingerprint density at radius 1 is 1.00 bits per heavy atom. The van der Waals surface area contributed by atoms with E-state index in [-0.39, 0.29) is 11.8 Å². The molecule has 0 aromatic heterocycles. The minimum absolute atomic E-state index is 0.108. The van der Waals surface area contributed by atoms with E-state index in [1.807, 2.05) is 18.7 Å². The fourth-order valence-electron chi connectivity index (χ4n) is 3.42. The zero-order valence-electron chi connectivity index (χ0n) is 13.8. The molecule has 1 saturated carbocycles. The molecule has 2 fully saturated rings. The summed E-state index contributed by atoms with van der Waals surface area (Å²) in [4.78, 5) is 14.0. The van der Waals surface area contributed by atoms with Gasteiger partial charge in [-0.2, -0.15) is 0 Å². The van der Waals surface area contributed by atoms with Gasteiger partial charge in [-0.15, -0.1) is 0 Å². The summed E-state index contributed by atoms with van der Waals surface area (Å²) in [5, 5.41) is 0. The fourth-order valence-corrected chi connectivity index (χ4v) is 3.42. The number of likely N-dealkylation sites (tertiary alicyclic amines) is 1. The van der Waals surface area contributed by atoms with Crippen molar-refractivity contribution >= 4 is 5.91 Å². The molecule has 21 heavy (non-hydrogen) atoms. The summed E-state index contributed by atoms with van der Waals surface area (Å²) >= 11 is 0. The molecule has 4 nitrogen and oxygen atoms in total. The maximum atomic E-state index is 12.0. The number of rotatable bonds is 5. The SMILES string of the molecule is CCOC1CCC(OC2CCN(C(=O)C(C)C)CC2)CC1. The molecule has 1 heterocycles. The molecule has 1 aliphatic carbocycles. The van der Waals surface area contributed by atoms with Crippen molar-refractivity contribution in [3.05, 3.63) is 0 Å². The first kappa shape index (κ1) is 16.8. The third kappa shape index (κ3) is 4.96. The van der Waals surface area contributed by atoms with Gasteiger partial charge >= 0.3 is 0 Å². The molecule has 2 aliphatic rings. The molecule has 0 unspecified atom stereocenters. The number of ether oxygens (including phenoxy) is 2. The fraction of sp³-hybridized carbons (Fsp3) is 0.941. The zero-order chi connectivity index (χ0) is 15.2. The molecule has 122 valence electrons. The van der Waals surface area contributed by atoms with Gasteiger partial charge in [0.15, 0.2) is 0 Å². The van der Waals surface area contributed by atoms with Crippen LogP contribution in [0.15, 0.2) is 0 Å². The van der Waals surface area contributed by atoms with Crippen LogP contribution in [-0.2, 0) is 14.3 Å². The van der Waals surface area contributed by atoms with Gasteiger partial charge < -0.3 is 14.4 Å². The Morgan fingerprint density at radius 2 is 1.52 bits per heavy atom. The molecular formula is C17H31NO3. The topological polar surface area (TPSA) is 38.8 Å². The Labute approximate surface area is 129 Å². The molecule has 0 aromatic carbocycles. The lowest BCUT2D eigenvalue weighted by Crippen LogP contribution is -2.43. The summed E-state index contributed by atoms with van der Waals surface area (Å²) in [7, 11) is 0. The Hall–Kier alpha value is -0.610. The lowest BCUT2D eigenvalue weighted by Gasteiger charge is -2.36. The molecule has 0 spiro atoms. The van der Waals surface area contributed by atoms with Gasteiger partial charge in [-0.05, 0) is 45.4 Å². The molecular weight excluding hydrogens is 266 g/mol. The van der Waals surface area contributed by atoms with Crippen molar-refractivity contribution in [3.63, 3.8) is 0 Å². The smallest absolute Gasteiger partial charge is 0.225 e. The molecule has 0 aromatic rings. The van der Waals surface area contributed by atoms with Gasteiger partial charge in [0, 0.05) is 25.6 Å². The second-order valence-electron chi connectivity index (χ2n) is 6.67. The van der Waals surface area contributed by atoms with Crippen molar-refractivity contribution in [1.82, 2.24) is 4.90 Å². The van der Waals surface area contributed by atoms with Crippen LogP contribution in [0, 0.1) is 5.92 Å². The number of carbonyl (C=O) groups excluding carboxylic acids is 1. The van der Waals surface area contributed by atoms with Gasteiger partial charge in [0.25, 0.3) is 0 Å². The highest BCUT2D eigenvalue weighted by molar-refractivity contribution is 5.78. The van der Waals surface area contributed by atoms with Crippen LogP contribution in [-0.4, -0.2) is 48.8 Å². The number of carbonyl (C=O) groups is 1. The number of nitrogens with zero attached hydrogens (tertiary/aromatic N) is 1. The number of piperidine rings is 1. The normalized spacial score (nSPS) is 28.1. The van der Waals surface area contributed by atoms with Crippen molar-refractivity contribution in [2.24, 2.45) is 5.92 Å². The third-order valence-electron chi connectivity index (χ3n) is 4.66. The van der Waals surface area contributed by atoms with E-state index in [9.17, 15) is 4.79 Å². The highest BCUT2D eigenvalue weighted by Crippen LogP contribution is 2.26. The molecule has 0 atom stereocenters. The maximum Gasteiger partial charge on any atom is 0.225 e. The number of hydrogen-bond donors (Lipinski definition) is 0. The van der Waals surface area contributed by atoms with Gasteiger partial charge in [-0.25, -0.2) is 0 Å². The van der Waals surface area contributed by atoms with Crippen LogP contribution in [0.5, 0.6) is 0 Å². The van der Waals surface area contributed by atoms with Gasteiger partial charge in [0.1, 0.15) is 0 Å². The van der Waals surface area contributed by atoms with Gasteiger partial charge in [-0.1, -0.05) is 13.8 Å². The molecule has 1 saturated heterocycles. The van der Waals surface area contributed by atoms with E-state index in [1.54, 1.807) is 0 Å². The van der Waals surface area contributed by atoms with Crippen molar-refractivity contribution in [2.45, 2.75) is 77.6 Å². The predicted molar refractivity (Wildman–Crippen MR) is 83.2 cm³/mol. The molecule has 4 heteroatoms. The monoisotopic (exact) mass is 297 g/mol. The second-order valence-corrected chi connectivity index (χ2v) is 6.67. The minimum atomic E-state index is 0.108. The standard InChI is InChI=1S/C17H31NO3/c1-4-20-14-5-7-15(8-6-14)21-16-9-11-18(12-10-16)17(19)13(2)3/h13-16H,4-12H2,1-3H3. The van der Waals surface area contributed by atoms with Crippen LogP contribution < -0.4 is 0 Å². The van der Waals surface area contributed by atoms with Crippen LogP contribution in [0.4, 0.5) is 0 Å². The van der Waals surface area contributed by atoms with E-state index >= 15 is 0 Å². The second kappa shape index (κ2) is 8.14. The first-order valence-electron chi connectivity index (χ1n) is 8.66. The van der Waals surface area contributed by atoms with Crippen LogP contribution in [0.3, 0.4) is 0 Å². The van der Waals surface area contributed by atoms with E-state index in [0.29, 0.717) is 18.3 Å². The van der Waals surface area contributed by atoms with Crippen LogP contribution >= 0.6 is 0 Å². The lowest BCUT2D eigenvalue weighted by molar-refractivity contribution is -0.138. The van der Waals surface area contributed by atoms with E-state index in [4.69, 9.17) is 9.47 Å². The maximum absolute atomic E-state index is 12.0. The van der Waals surface area contributed by atoms with E-state index in [0.717, 1.165) is 58.2 Å². The first-order chi connectivity index (χ1) is 10.1. The summed E-state index contributed by atoms with van der Waals surface area (Å²) in [6.45, 7) is 8.54. The van der Waals surface area contributed by atoms with Crippen LogP contribution in [0.1, 0.15) is 59.3 Å².